The van der Waals surface area contributed by atoms with Gasteiger partial charge in [-0.3, -0.25) is 4.79 Å². The Morgan fingerprint density at radius 1 is 1.26 bits per heavy atom. The fraction of sp³-hybridized carbons (Fsp3) is 0.533. The van der Waals surface area contributed by atoms with E-state index in [1.54, 1.807) is 18.2 Å². The SMILES string of the molecule is CS(=O)(=O)N(CCC(=O)Nc1ccc2c(c1)OCCO2)C1CC1. The summed E-state index contributed by atoms with van der Waals surface area (Å²) < 4.78 is 35.7. The van der Waals surface area contributed by atoms with Crippen LogP contribution in [-0.4, -0.2) is 50.7 Å². The molecule has 0 aromatic heterocycles. The summed E-state index contributed by atoms with van der Waals surface area (Å²) in [5.41, 5.74) is 0.608. The van der Waals surface area contributed by atoms with Crippen molar-refractivity contribution in [2.24, 2.45) is 0 Å². The Morgan fingerprint density at radius 3 is 2.61 bits per heavy atom. The third-order valence-electron chi connectivity index (χ3n) is 3.77. The average Bonchev–Trinajstić information content (AvgIpc) is 3.30. The third-order valence-corrected chi connectivity index (χ3v) is 5.10. The van der Waals surface area contributed by atoms with Crippen molar-refractivity contribution < 1.29 is 22.7 Å². The summed E-state index contributed by atoms with van der Waals surface area (Å²) >= 11 is 0. The van der Waals surface area contributed by atoms with Crippen LogP contribution in [0.3, 0.4) is 0 Å². The van der Waals surface area contributed by atoms with Gasteiger partial charge in [0, 0.05) is 30.8 Å². The minimum Gasteiger partial charge on any atom is -0.486 e. The molecule has 1 aliphatic carbocycles. The Bertz CT molecular complexity index is 700. The minimum atomic E-state index is -3.27. The number of sulfonamides is 1. The molecular formula is C15H20N2O5S. The smallest absolute Gasteiger partial charge is 0.225 e. The summed E-state index contributed by atoms with van der Waals surface area (Å²) in [6.45, 7) is 1.20. The zero-order valence-electron chi connectivity index (χ0n) is 12.9. The Labute approximate surface area is 135 Å². The van der Waals surface area contributed by atoms with Gasteiger partial charge in [-0.15, -0.1) is 0 Å². The van der Waals surface area contributed by atoms with E-state index in [1.807, 2.05) is 0 Å². The van der Waals surface area contributed by atoms with Crippen molar-refractivity contribution in [1.82, 2.24) is 4.31 Å². The van der Waals surface area contributed by atoms with E-state index in [2.05, 4.69) is 5.32 Å². The highest BCUT2D eigenvalue weighted by atomic mass is 32.2. The third kappa shape index (κ3) is 4.14. The molecule has 1 saturated carbocycles. The standard InChI is InChI=1S/C15H20N2O5S/c1-23(19,20)17(12-3-4-12)7-6-15(18)16-11-2-5-13-14(10-11)22-9-8-21-13/h2,5,10,12H,3-4,6-9H2,1H3,(H,16,18). The molecule has 1 fully saturated rings. The van der Waals surface area contributed by atoms with E-state index in [4.69, 9.17) is 9.47 Å². The largest absolute Gasteiger partial charge is 0.486 e. The van der Waals surface area contributed by atoms with Crippen molar-refractivity contribution in [1.29, 1.82) is 0 Å². The van der Waals surface area contributed by atoms with Crippen molar-refractivity contribution >= 4 is 21.6 Å². The highest BCUT2D eigenvalue weighted by Crippen LogP contribution is 2.32. The van der Waals surface area contributed by atoms with Crippen LogP contribution in [0.15, 0.2) is 18.2 Å². The number of rotatable bonds is 6. The lowest BCUT2D eigenvalue weighted by Gasteiger charge is -2.20. The fourth-order valence-corrected chi connectivity index (χ4v) is 3.71. The predicted molar refractivity (Wildman–Crippen MR) is 85.3 cm³/mol. The quantitative estimate of drug-likeness (QED) is 0.841. The summed E-state index contributed by atoms with van der Waals surface area (Å²) in [5, 5.41) is 2.76. The van der Waals surface area contributed by atoms with E-state index in [1.165, 1.54) is 10.6 Å². The molecular weight excluding hydrogens is 320 g/mol. The molecule has 0 atom stereocenters. The van der Waals surface area contributed by atoms with Gasteiger partial charge in [0.2, 0.25) is 15.9 Å². The molecule has 1 aromatic carbocycles. The average molecular weight is 340 g/mol. The number of hydrogen-bond acceptors (Lipinski definition) is 5. The second-order valence-electron chi connectivity index (χ2n) is 5.76. The zero-order valence-corrected chi connectivity index (χ0v) is 13.8. The van der Waals surface area contributed by atoms with Crippen LogP contribution < -0.4 is 14.8 Å². The van der Waals surface area contributed by atoms with Gasteiger partial charge in [-0.1, -0.05) is 0 Å². The zero-order chi connectivity index (χ0) is 16.4. The van der Waals surface area contributed by atoms with Crippen LogP contribution in [0.5, 0.6) is 11.5 Å². The van der Waals surface area contributed by atoms with E-state index < -0.39 is 10.0 Å². The number of carbonyl (C=O) groups is 1. The topological polar surface area (TPSA) is 84.9 Å². The number of ether oxygens (including phenoxy) is 2. The first-order valence-electron chi connectivity index (χ1n) is 7.60. The van der Waals surface area contributed by atoms with E-state index in [9.17, 15) is 13.2 Å². The molecule has 1 aliphatic heterocycles. The van der Waals surface area contributed by atoms with Gasteiger partial charge in [-0.05, 0) is 25.0 Å². The molecule has 0 saturated heterocycles. The maximum atomic E-state index is 12.1. The molecule has 0 unspecified atom stereocenters. The number of benzene rings is 1. The van der Waals surface area contributed by atoms with Gasteiger partial charge in [-0.2, -0.15) is 4.31 Å². The number of fused-ring (bicyclic) bond motifs is 1. The van der Waals surface area contributed by atoms with E-state index in [0.717, 1.165) is 12.8 Å². The highest BCUT2D eigenvalue weighted by molar-refractivity contribution is 7.88. The molecule has 2 aliphatic rings. The van der Waals surface area contributed by atoms with Gasteiger partial charge in [0.25, 0.3) is 0 Å². The van der Waals surface area contributed by atoms with Crippen LogP contribution in [0.4, 0.5) is 5.69 Å². The first-order chi connectivity index (χ1) is 10.9. The van der Waals surface area contributed by atoms with Crippen LogP contribution >= 0.6 is 0 Å². The van der Waals surface area contributed by atoms with Crippen LogP contribution in [0.25, 0.3) is 0 Å². The maximum Gasteiger partial charge on any atom is 0.225 e. The number of carbonyl (C=O) groups excluding carboxylic acids is 1. The summed E-state index contributed by atoms with van der Waals surface area (Å²) in [6.07, 6.45) is 3.05. The summed E-state index contributed by atoms with van der Waals surface area (Å²) in [7, 11) is -3.27. The van der Waals surface area contributed by atoms with Crippen molar-refractivity contribution in [3.05, 3.63) is 18.2 Å². The molecule has 1 N–H and O–H groups in total. The van der Waals surface area contributed by atoms with Crippen LogP contribution in [0.1, 0.15) is 19.3 Å². The minimum absolute atomic E-state index is 0.0621. The maximum absolute atomic E-state index is 12.1. The predicted octanol–water partition coefficient (Wildman–Crippen LogP) is 1.21. The summed E-state index contributed by atoms with van der Waals surface area (Å²) in [6, 6.07) is 5.26. The molecule has 1 aromatic rings. The second kappa shape index (κ2) is 6.37. The molecule has 8 heteroatoms. The van der Waals surface area contributed by atoms with Gasteiger partial charge in [0.1, 0.15) is 13.2 Å². The first kappa shape index (κ1) is 16.1. The Balaban J connectivity index is 1.57. The van der Waals surface area contributed by atoms with Crippen molar-refractivity contribution in [2.75, 3.05) is 31.3 Å². The highest BCUT2D eigenvalue weighted by Gasteiger charge is 2.34. The number of hydrogen-bond donors (Lipinski definition) is 1. The normalized spacial score (nSPS) is 17.1. The second-order valence-corrected chi connectivity index (χ2v) is 7.70. The molecule has 126 valence electrons. The van der Waals surface area contributed by atoms with Crippen molar-refractivity contribution in [2.45, 2.75) is 25.3 Å². The number of nitrogens with zero attached hydrogens (tertiary/aromatic N) is 1. The molecule has 0 spiro atoms. The fourth-order valence-electron chi connectivity index (χ4n) is 2.54. The molecule has 3 rings (SSSR count). The van der Waals surface area contributed by atoms with E-state index in [0.29, 0.717) is 30.4 Å². The first-order valence-corrected chi connectivity index (χ1v) is 9.44. The molecule has 7 nitrogen and oxygen atoms in total. The molecule has 1 heterocycles. The summed E-state index contributed by atoms with van der Waals surface area (Å²) in [5.74, 6) is 1.03. The van der Waals surface area contributed by atoms with Gasteiger partial charge >= 0.3 is 0 Å². The molecule has 0 radical (unpaired) electrons. The van der Waals surface area contributed by atoms with Gasteiger partial charge in [0.05, 0.1) is 6.26 Å². The monoisotopic (exact) mass is 340 g/mol. The Kier molecular flexibility index (Phi) is 4.45. The lowest BCUT2D eigenvalue weighted by molar-refractivity contribution is -0.116. The van der Waals surface area contributed by atoms with Crippen molar-refractivity contribution in [3.8, 4) is 11.5 Å². The van der Waals surface area contributed by atoms with Gasteiger partial charge in [-0.25, -0.2) is 8.42 Å². The van der Waals surface area contributed by atoms with Crippen LogP contribution in [0, 0.1) is 0 Å². The number of amides is 1. The van der Waals surface area contributed by atoms with E-state index >= 15 is 0 Å². The van der Waals surface area contributed by atoms with Crippen molar-refractivity contribution in [3.63, 3.8) is 0 Å². The van der Waals surface area contributed by atoms with E-state index in [-0.39, 0.29) is 24.9 Å². The molecule has 23 heavy (non-hydrogen) atoms. The van der Waals surface area contributed by atoms with Gasteiger partial charge in [0.15, 0.2) is 11.5 Å². The van der Waals surface area contributed by atoms with Crippen LogP contribution in [0.2, 0.25) is 0 Å². The molecule has 1 amide bonds. The van der Waals surface area contributed by atoms with Crippen LogP contribution in [-0.2, 0) is 14.8 Å². The lowest BCUT2D eigenvalue weighted by atomic mass is 10.2. The lowest BCUT2D eigenvalue weighted by Crippen LogP contribution is -2.34. The number of anilines is 1. The Hall–Kier alpha value is -1.80. The van der Waals surface area contributed by atoms with Gasteiger partial charge < -0.3 is 14.8 Å². The Morgan fingerprint density at radius 2 is 1.96 bits per heavy atom. The number of nitrogens with one attached hydrogen (secondary N) is 1. The molecule has 0 bridgehead atoms. The summed E-state index contributed by atoms with van der Waals surface area (Å²) in [4.78, 5) is 12.1.